The number of fused-ring (bicyclic) bond motifs is 2. The van der Waals surface area contributed by atoms with Crippen molar-refractivity contribution in [2.24, 2.45) is 16.7 Å². The van der Waals surface area contributed by atoms with Crippen LogP contribution in [0.4, 0.5) is 0 Å². The van der Waals surface area contributed by atoms with Gasteiger partial charge in [0.1, 0.15) is 0 Å². The first-order chi connectivity index (χ1) is 11.8. The molecule has 136 valence electrons. The summed E-state index contributed by atoms with van der Waals surface area (Å²) in [5, 5.41) is 0. The van der Waals surface area contributed by atoms with Gasteiger partial charge in [-0.2, -0.15) is 0 Å². The second-order valence-corrected chi connectivity index (χ2v) is 7.98. The van der Waals surface area contributed by atoms with E-state index in [0.29, 0.717) is 24.9 Å². The van der Waals surface area contributed by atoms with Crippen molar-refractivity contribution >= 4 is 11.9 Å². The number of rotatable bonds is 6. The fourth-order valence-electron chi connectivity index (χ4n) is 4.57. The lowest BCUT2D eigenvalue weighted by Gasteiger charge is -2.31. The number of ketones is 1. The van der Waals surface area contributed by atoms with Crippen LogP contribution in [0.25, 0.3) is 6.08 Å². The quantitative estimate of drug-likeness (QED) is 0.529. The summed E-state index contributed by atoms with van der Waals surface area (Å²) < 4.78 is 11.3. The fraction of sp³-hybridized carbons (Fsp3) is 0.591. The SMILES string of the molecule is CCOC(OCC)c1ccc(C=C2C(=O)C3(C)CCC2C3(C)C)cc1. The molecule has 2 unspecified atom stereocenters. The first kappa shape index (κ1) is 18.3. The first-order valence-corrected chi connectivity index (χ1v) is 9.44. The van der Waals surface area contributed by atoms with Crippen LogP contribution in [-0.2, 0) is 14.3 Å². The van der Waals surface area contributed by atoms with E-state index in [2.05, 4.69) is 39.0 Å². The average Bonchev–Trinajstić information content (AvgIpc) is 2.89. The molecule has 0 amide bonds. The lowest BCUT2D eigenvalue weighted by Crippen LogP contribution is -2.32. The van der Waals surface area contributed by atoms with Gasteiger partial charge in [0.25, 0.3) is 0 Å². The molecule has 2 aliphatic carbocycles. The van der Waals surface area contributed by atoms with Gasteiger partial charge in [0.05, 0.1) is 0 Å². The summed E-state index contributed by atoms with van der Waals surface area (Å²) in [5.41, 5.74) is 2.96. The van der Waals surface area contributed by atoms with Gasteiger partial charge in [0.2, 0.25) is 0 Å². The molecule has 2 saturated carbocycles. The van der Waals surface area contributed by atoms with Crippen LogP contribution in [0.5, 0.6) is 0 Å². The minimum atomic E-state index is -0.321. The van der Waals surface area contributed by atoms with Crippen molar-refractivity contribution in [3.05, 3.63) is 41.0 Å². The molecule has 1 aromatic carbocycles. The third kappa shape index (κ3) is 2.88. The molecule has 0 aliphatic heterocycles. The van der Waals surface area contributed by atoms with Crippen LogP contribution >= 0.6 is 0 Å². The van der Waals surface area contributed by atoms with E-state index in [9.17, 15) is 4.79 Å². The van der Waals surface area contributed by atoms with E-state index in [0.717, 1.165) is 29.5 Å². The third-order valence-electron chi connectivity index (χ3n) is 6.53. The zero-order valence-corrected chi connectivity index (χ0v) is 16.1. The summed E-state index contributed by atoms with van der Waals surface area (Å²) in [6, 6.07) is 8.18. The Kier molecular flexibility index (Phi) is 4.91. The van der Waals surface area contributed by atoms with Gasteiger partial charge in [-0.25, -0.2) is 0 Å². The van der Waals surface area contributed by atoms with Gasteiger partial charge < -0.3 is 9.47 Å². The normalized spacial score (nSPS) is 29.1. The molecule has 1 aromatic rings. The maximum Gasteiger partial charge on any atom is 0.183 e. The van der Waals surface area contributed by atoms with Gasteiger partial charge in [0.15, 0.2) is 12.1 Å². The predicted octanol–water partition coefficient (Wildman–Crippen LogP) is 5.17. The Hall–Kier alpha value is -1.45. The predicted molar refractivity (Wildman–Crippen MR) is 100 cm³/mol. The lowest BCUT2D eigenvalue weighted by molar-refractivity contribution is -0.140. The smallest absolute Gasteiger partial charge is 0.183 e. The van der Waals surface area contributed by atoms with E-state index in [1.54, 1.807) is 0 Å². The second kappa shape index (κ2) is 6.69. The number of benzene rings is 1. The maximum atomic E-state index is 12.9. The molecule has 2 fully saturated rings. The van der Waals surface area contributed by atoms with E-state index in [1.807, 2.05) is 26.0 Å². The maximum absolute atomic E-state index is 12.9. The van der Waals surface area contributed by atoms with Gasteiger partial charge in [-0.05, 0) is 55.2 Å². The average molecular weight is 342 g/mol. The Balaban J connectivity index is 1.84. The molecular weight excluding hydrogens is 312 g/mol. The molecular formula is C22H30O3. The van der Waals surface area contributed by atoms with Crippen molar-refractivity contribution in [2.45, 2.75) is 53.8 Å². The van der Waals surface area contributed by atoms with Crippen LogP contribution in [0.1, 0.15) is 64.9 Å². The highest BCUT2D eigenvalue weighted by molar-refractivity contribution is 6.07. The minimum absolute atomic E-state index is 0.0604. The summed E-state index contributed by atoms with van der Waals surface area (Å²) in [4.78, 5) is 12.9. The Labute approximate surface area is 151 Å². The van der Waals surface area contributed by atoms with E-state index in [-0.39, 0.29) is 17.1 Å². The number of carbonyl (C=O) groups excluding carboxylic acids is 1. The van der Waals surface area contributed by atoms with Crippen molar-refractivity contribution in [1.29, 1.82) is 0 Å². The largest absolute Gasteiger partial charge is 0.349 e. The molecule has 0 saturated heterocycles. The van der Waals surface area contributed by atoms with E-state index in [1.165, 1.54) is 0 Å². The molecule has 0 spiro atoms. The van der Waals surface area contributed by atoms with Gasteiger partial charge in [-0.1, -0.05) is 45.0 Å². The highest BCUT2D eigenvalue weighted by atomic mass is 16.7. The fourth-order valence-corrected chi connectivity index (χ4v) is 4.57. The first-order valence-electron chi connectivity index (χ1n) is 9.44. The summed E-state index contributed by atoms with van der Waals surface area (Å²) in [6.45, 7) is 11.8. The number of hydrogen-bond donors (Lipinski definition) is 0. The lowest BCUT2D eigenvalue weighted by atomic mass is 9.70. The molecule has 0 heterocycles. The Morgan fingerprint density at radius 3 is 2.20 bits per heavy atom. The number of allylic oxidation sites excluding steroid dienone is 1. The van der Waals surface area contributed by atoms with Crippen LogP contribution in [0, 0.1) is 16.7 Å². The summed E-state index contributed by atoms with van der Waals surface area (Å²) in [7, 11) is 0. The Morgan fingerprint density at radius 2 is 1.72 bits per heavy atom. The van der Waals surface area contributed by atoms with Crippen molar-refractivity contribution in [2.75, 3.05) is 13.2 Å². The van der Waals surface area contributed by atoms with Gasteiger partial charge in [0, 0.05) is 24.2 Å². The van der Waals surface area contributed by atoms with E-state index < -0.39 is 0 Å². The highest BCUT2D eigenvalue weighted by Crippen LogP contribution is 2.65. The molecule has 2 atom stereocenters. The minimum Gasteiger partial charge on any atom is -0.349 e. The van der Waals surface area contributed by atoms with Crippen molar-refractivity contribution < 1.29 is 14.3 Å². The topological polar surface area (TPSA) is 35.5 Å². The second-order valence-electron chi connectivity index (χ2n) is 7.98. The van der Waals surface area contributed by atoms with Crippen LogP contribution in [0.15, 0.2) is 29.8 Å². The zero-order chi connectivity index (χ0) is 18.2. The molecule has 3 rings (SSSR count). The molecule has 25 heavy (non-hydrogen) atoms. The van der Waals surface area contributed by atoms with Crippen LogP contribution in [0.2, 0.25) is 0 Å². The van der Waals surface area contributed by atoms with Crippen molar-refractivity contribution in [1.82, 2.24) is 0 Å². The highest BCUT2D eigenvalue weighted by Gasteiger charge is 2.63. The molecule has 3 heteroatoms. The third-order valence-corrected chi connectivity index (χ3v) is 6.53. The molecule has 0 aromatic heterocycles. The summed E-state index contributed by atoms with van der Waals surface area (Å²) in [6.07, 6.45) is 3.91. The van der Waals surface area contributed by atoms with Crippen LogP contribution < -0.4 is 0 Å². The van der Waals surface area contributed by atoms with Gasteiger partial charge in [-0.3, -0.25) is 4.79 Å². The Bertz CT molecular complexity index is 665. The number of carbonyl (C=O) groups is 1. The molecule has 2 bridgehead atoms. The number of Topliss-reactive ketones (excluding diaryl/α,β-unsaturated/α-hetero) is 1. The zero-order valence-electron chi connectivity index (χ0n) is 16.1. The van der Waals surface area contributed by atoms with Crippen molar-refractivity contribution in [3.63, 3.8) is 0 Å². The van der Waals surface area contributed by atoms with E-state index >= 15 is 0 Å². The molecule has 0 N–H and O–H groups in total. The molecule has 3 nitrogen and oxygen atoms in total. The monoisotopic (exact) mass is 342 g/mol. The van der Waals surface area contributed by atoms with Crippen molar-refractivity contribution in [3.8, 4) is 0 Å². The van der Waals surface area contributed by atoms with Crippen LogP contribution in [-0.4, -0.2) is 19.0 Å². The number of hydrogen-bond acceptors (Lipinski definition) is 3. The summed E-state index contributed by atoms with van der Waals surface area (Å²) in [5.74, 6) is 0.726. The van der Waals surface area contributed by atoms with Gasteiger partial charge >= 0.3 is 0 Å². The molecule has 2 aliphatic rings. The number of ether oxygens (including phenoxy) is 2. The van der Waals surface area contributed by atoms with Gasteiger partial charge in [-0.15, -0.1) is 0 Å². The Morgan fingerprint density at radius 1 is 1.12 bits per heavy atom. The van der Waals surface area contributed by atoms with Crippen LogP contribution in [0.3, 0.4) is 0 Å². The summed E-state index contributed by atoms with van der Waals surface area (Å²) >= 11 is 0. The standard InChI is InChI=1S/C22H30O3/c1-6-24-20(25-7-2)16-10-8-15(9-11-16)14-17-18-12-13-22(5,19(17)23)21(18,3)4/h8-11,14,18,20H,6-7,12-13H2,1-5H3. The van der Waals surface area contributed by atoms with E-state index in [4.69, 9.17) is 9.47 Å². The molecule has 0 radical (unpaired) electrons.